The molecule has 3 aromatic rings. The van der Waals surface area contributed by atoms with Crippen molar-refractivity contribution in [3.63, 3.8) is 0 Å². The number of nitrogens with zero attached hydrogens (tertiary/aromatic N) is 2. The summed E-state index contributed by atoms with van der Waals surface area (Å²) in [5.74, 6) is -0.779. The van der Waals surface area contributed by atoms with Crippen molar-refractivity contribution < 1.29 is 9.18 Å². The zero-order chi connectivity index (χ0) is 12.7. The molecular formula is C12H6ClFN2OS. The van der Waals surface area contributed by atoms with E-state index in [0.29, 0.717) is 15.0 Å². The Labute approximate surface area is 110 Å². The van der Waals surface area contributed by atoms with Crippen LogP contribution in [0.25, 0.3) is 10.1 Å². The van der Waals surface area contributed by atoms with Crippen molar-refractivity contribution in [2.45, 2.75) is 0 Å². The molecule has 0 unspecified atom stereocenters. The largest absolute Gasteiger partial charge is 0.289 e. The lowest BCUT2D eigenvalue weighted by atomic mass is 10.2. The number of hydrogen-bond donors (Lipinski definition) is 0. The molecule has 2 heterocycles. The van der Waals surface area contributed by atoms with Crippen LogP contribution in [0.2, 0.25) is 5.02 Å². The van der Waals surface area contributed by atoms with E-state index in [4.69, 9.17) is 11.6 Å². The molecule has 1 aromatic carbocycles. The standard InChI is InChI=1S/C12H6ClFN2OS/c13-10-9-7(14)3-1-4-8(9)18-11(10)12(17)16-6-2-5-15-16/h1-6H. The Kier molecular flexibility index (Phi) is 2.65. The number of carbonyl (C=O) groups excluding carboxylic acids is 1. The summed E-state index contributed by atoms with van der Waals surface area (Å²) in [6.45, 7) is 0. The number of benzene rings is 1. The summed E-state index contributed by atoms with van der Waals surface area (Å²) in [4.78, 5) is 12.4. The van der Waals surface area contributed by atoms with Crippen molar-refractivity contribution in [2.75, 3.05) is 0 Å². The van der Waals surface area contributed by atoms with Gasteiger partial charge in [0.2, 0.25) is 0 Å². The van der Waals surface area contributed by atoms with Crippen LogP contribution in [-0.4, -0.2) is 15.7 Å². The van der Waals surface area contributed by atoms with E-state index in [1.165, 1.54) is 23.1 Å². The van der Waals surface area contributed by atoms with E-state index < -0.39 is 5.82 Å². The van der Waals surface area contributed by atoms with Gasteiger partial charge >= 0.3 is 0 Å². The molecule has 0 aliphatic carbocycles. The Bertz CT molecular complexity index is 736. The van der Waals surface area contributed by atoms with Gasteiger partial charge < -0.3 is 0 Å². The third-order valence-corrected chi connectivity index (χ3v) is 4.15. The summed E-state index contributed by atoms with van der Waals surface area (Å²) in [6, 6.07) is 6.28. The summed E-state index contributed by atoms with van der Waals surface area (Å²) < 4.78 is 15.5. The Morgan fingerprint density at radius 3 is 2.89 bits per heavy atom. The van der Waals surface area contributed by atoms with E-state index in [1.54, 1.807) is 18.2 Å². The molecule has 3 rings (SSSR count). The topological polar surface area (TPSA) is 34.9 Å². The molecule has 90 valence electrons. The van der Waals surface area contributed by atoms with Gasteiger partial charge in [-0.3, -0.25) is 4.79 Å². The lowest BCUT2D eigenvalue weighted by molar-refractivity contribution is 0.0949. The van der Waals surface area contributed by atoms with Gasteiger partial charge in [-0.05, 0) is 18.2 Å². The molecule has 0 saturated carbocycles. The van der Waals surface area contributed by atoms with Crippen LogP contribution in [0.1, 0.15) is 9.67 Å². The lowest BCUT2D eigenvalue weighted by Crippen LogP contribution is -2.10. The van der Waals surface area contributed by atoms with Crippen LogP contribution >= 0.6 is 22.9 Å². The van der Waals surface area contributed by atoms with Crippen molar-refractivity contribution in [1.82, 2.24) is 9.78 Å². The average Bonchev–Trinajstić information content (AvgIpc) is 2.97. The maximum absolute atomic E-state index is 13.7. The summed E-state index contributed by atoms with van der Waals surface area (Å²) in [7, 11) is 0. The van der Waals surface area contributed by atoms with Gasteiger partial charge in [-0.25, -0.2) is 9.07 Å². The Morgan fingerprint density at radius 2 is 2.22 bits per heavy atom. The number of carbonyl (C=O) groups is 1. The number of rotatable bonds is 1. The van der Waals surface area contributed by atoms with E-state index >= 15 is 0 Å². The number of hydrogen-bond acceptors (Lipinski definition) is 3. The first-order valence-electron chi connectivity index (χ1n) is 5.09. The maximum Gasteiger partial charge on any atom is 0.289 e. The maximum atomic E-state index is 13.7. The average molecular weight is 281 g/mol. The van der Waals surface area contributed by atoms with Gasteiger partial charge in [0.25, 0.3) is 5.91 Å². The highest BCUT2D eigenvalue weighted by Gasteiger charge is 2.20. The molecule has 0 aliphatic heterocycles. The van der Waals surface area contributed by atoms with Gasteiger partial charge in [0.05, 0.1) is 5.02 Å². The Hall–Kier alpha value is -1.72. The van der Waals surface area contributed by atoms with E-state index in [2.05, 4.69) is 5.10 Å². The highest BCUT2D eigenvalue weighted by atomic mass is 35.5. The van der Waals surface area contributed by atoms with E-state index in [9.17, 15) is 9.18 Å². The molecule has 0 aliphatic rings. The zero-order valence-corrected chi connectivity index (χ0v) is 10.5. The minimum Gasteiger partial charge on any atom is -0.266 e. The minimum absolute atomic E-state index is 0.147. The fourth-order valence-corrected chi connectivity index (χ4v) is 3.19. The van der Waals surface area contributed by atoms with E-state index in [1.807, 2.05) is 0 Å². The van der Waals surface area contributed by atoms with Crippen LogP contribution in [0, 0.1) is 5.82 Å². The highest BCUT2D eigenvalue weighted by molar-refractivity contribution is 7.21. The molecule has 18 heavy (non-hydrogen) atoms. The molecule has 0 bridgehead atoms. The van der Waals surface area contributed by atoms with Crippen LogP contribution in [0.3, 0.4) is 0 Å². The second-order valence-electron chi connectivity index (χ2n) is 3.61. The molecular weight excluding hydrogens is 275 g/mol. The molecule has 0 amide bonds. The first-order valence-corrected chi connectivity index (χ1v) is 6.29. The Balaban J connectivity index is 2.22. The summed E-state index contributed by atoms with van der Waals surface area (Å²) in [5, 5.41) is 4.29. The SMILES string of the molecule is O=C(c1sc2cccc(F)c2c1Cl)n1cccn1. The van der Waals surface area contributed by atoms with Crippen molar-refractivity contribution >= 4 is 38.9 Å². The molecule has 0 radical (unpaired) electrons. The first-order chi connectivity index (χ1) is 8.68. The fourth-order valence-electron chi connectivity index (χ4n) is 1.70. The monoisotopic (exact) mass is 280 g/mol. The molecule has 2 aromatic heterocycles. The number of thiophene rings is 1. The molecule has 0 N–H and O–H groups in total. The highest BCUT2D eigenvalue weighted by Crippen LogP contribution is 2.37. The summed E-state index contributed by atoms with van der Waals surface area (Å²) in [5.41, 5.74) is 0. The normalized spacial score (nSPS) is 11.0. The van der Waals surface area contributed by atoms with Crippen LogP contribution in [0.4, 0.5) is 4.39 Å². The van der Waals surface area contributed by atoms with Crippen molar-refractivity contribution in [3.8, 4) is 0 Å². The van der Waals surface area contributed by atoms with Crippen molar-refractivity contribution in [3.05, 3.63) is 52.4 Å². The van der Waals surface area contributed by atoms with Crippen LogP contribution in [0.5, 0.6) is 0 Å². The van der Waals surface area contributed by atoms with E-state index in [-0.39, 0.29) is 10.9 Å². The summed E-state index contributed by atoms with van der Waals surface area (Å²) in [6.07, 6.45) is 3.03. The molecule has 0 fully saturated rings. The van der Waals surface area contributed by atoms with Gasteiger partial charge in [0, 0.05) is 22.5 Å². The van der Waals surface area contributed by atoms with Gasteiger partial charge in [-0.1, -0.05) is 17.7 Å². The van der Waals surface area contributed by atoms with Crippen LogP contribution in [0.15, 0.2) is 36.7 Å². The number of halogens is 2. The predicted molar refractivity (Wildman–Crippen MR) is 68.7 cm³/mol. The third kappa shape index (κ3) is 1.63. The number of aromatic nitrogens is 2. The second-order valence-corrected chi connectivity index (χ2v) is 5.04. The van der Waals surface area contributed by atoms with E-state index in [0.717, 1.165) is 11.3 Å². The Morgan fingerprint density at radius 1 is 1.39 bits per heavy atom. The summed E-state index contributed by atoms with van der Waals surface area (Å²) >= 11 is 7.24. The second kappa shape index (κ2) is 4.19. The van der Waals surface area contributed by atoms with Crippen molar-refractivity contribution in [2.24, 2.45) is 0 Å². The molecule has 3 nitrogen and oxygen atoms in total. The molecule has 0 atom stereocenters. The quantitative estimate of drug-likeness (QED) is 0.683. The molecule has 0 spiro atoms. The van der Waals surface area contributed by atoms with Crippen molar-refractivity contribution in [1.29, 1.82) is 0 Å². The van der Waals surface area contributed by atoms with Gasteiger partial charge in [-0.2, -0.15) is 5.10 Å². The third-order valence-electron chi connectivity index (χ3n) is 2.51. The van der Waals surface area contributed by atoms with Crippen LogP contribution in [-0.2, 0) is 0 Å². The zero-order valence-electron chi connectivity index (χ0n) is 8.93. The van der Waals surface area contributed by atoms with Crippen LogP contribution < -0.4 is 0 Å². The van der Waals surface area contributed by atoms with Gasteiger partial charge in [0.1, 0.15) is 10.7 Å². The lowest BCUT2D eigenvalue weighted by Gasteiger charge is -1.97. The van der Waals surface area contributed by atoms with Gasteiger partial charge in [-0.15, -0.1) is 11.3 Å². The smallest absolute Gasteiger partial charge is 0.266 e. The molecule has 0 saturated heterocycles. The fraction of sp³-hybridized carbons (Fsp3) is 0. The number of fused-ring (bicyclic) bond motifs is 1. The predicted octanol–water partition coefficient (Wildman–Crippen LogP) is 3.58. The van der Waals surface area contributed by atoms with Gasteiger partial charge in [0.15, 0.2) is 0 Å². The minimum atomic E-state index is -0.423. The molecule has 6 heteroatoms. The first kappa shape index (κ1) is 11.4.